The summed E-state index contributed by atoms with van der Waals surface area (Å²) in [5.74, 6) is 2.36. The van der Waals surface area contributed by atoms with E-state index in [-0.39, 0.29) is 0 Å². The minimum absolute atomic E-state index is 0.357. The Morgan fingerprint density at radius 1 is 1.19 bits per heavy atom. The van der Waals surface area contributed by atoms with Gasteiger partial charge < -0.3 is 4.74 Å². The maximum absolute atomic E-state index is 5.74. The van der Waals surface area contributed by atoms with Crippen molar-refractivity contribution in [1.29, 1.82) is 0 Å². The van der Waals surface area contributed by atoms with E-state index in [1.807, 2.05) is 25.1 Å². The summed E-state index contributed by atoms with van der Waals surface area (Å²) in [5.41, 5.74) is 1.40. The minimum Gasteiger partial charge on any atom is -0.493 e. The number of nitrogens with zero attached hydrogens (tertiary/aromatic N) is 3. The number of para-hydroxylation sites is 1. The fourth-order valence-corrected chi connectivity index (χ4v) is 4.67. The SMILES string of the molecule is CCOc1ccccc1-c1nnc(CN2CC(C(C)(C)C)C[C@@H](C)C2)s1. The van der Waals surface area contributed by atoms with Crippen LogP contribution < -0.4 is 4.74 Å². The quantitative estimate of drug-likeness (QED) is 0.730. The molecule has 2 atom stereocenters. The fourth-order valence-electron chi connectivity index (χ4n) is 3.76. The average Bonchev–Trinajstić information content (AvgIpc) is 3.02. The van der Waals surface area contributed by atoms with Gasteiger partial charge in [0.15, 0.2) is 5.01 Å². The molecule has 1 unspecified atom stereocenters. The number of hydrogen-bond donors (Lipinski definition) is 0. The van der Waals surface area contributed by atoms with Crippen molar-refractivity contribution in [1.82, 2.24) is 15.1 Å². The Morgan fingerprint density at radius 2 is 1.96 bits per heavy atom. The first-order valence-electron chi connectivity index (χ1n) is 9.63. The molecule has 3 rings (SSSR count). The van der Waals surface area contributed by atoms with Gasteiger partial charge in [-0.25, -0.2) is 0 Å². The Morgan fingerprint density at radius 3 is 2.69 bits per heavy atom. The second-order valence-electron chi connectivity index (χ2n) is 8.53. The summed E-state index contributed by atoms with van der Waals surface area (Å²) >= 11 is 1.69. The molecule has 1 aromatic heterocycles. The van der Waals surface area contributed by atoms with Crippen LogP contribution in [0.15, 0.2) is 24.3 Å². The third kappa shape index (κ3) is 4.63. The Hall–Kier alpha value is -1.46. The molecular formula is C21H31N3OS. The first-order chi connectivity index (χ1) is 12.4. The maximum Gasteiger partial charge on any atom is 0.151 e. The molecule has 0 bridgehead atoms. The van der Waals surface area contributed by atoms with Crippen molar-refractivity contribution in [2.75, 3.05) is 19.7 Å². The van der Waals surface area contributed by atoms with Gasteiger partial charge in [0.2, 0.25) is 0 Å². The van der Waals surface area contributed by atoms with Gasteiger partial charge in [-0.2, -0.15) is 0 Å². The van der Waals surface area contributed by atoms with Gasteiger partial charge >= 0.3 is 0 Å². The zero-order valence-electron chi connectivity index (χ0n) is 16.7. The van der Waals surface area contributed by atoms with Gasteiger partial charge in [-0.05, 0) is 42.7 Å². The van der Waals surface area contributed by atoms with E-state index in [4.69, 9.17) is 4.74 Å². The molecule has 1 aliphatic heterocycles. The van der Waals surface area contributed by atoms with Crippen LogP contribution in [0.4, 0.5) is 0 Å². The van der Waals surface area contributed by atoms with Gasteiger partial charge in [-0.15, -0.1) is 10.2 Å². The van der Waals surface area contributed by atoms with Crippen LogP contribution in [0.25, 0.3) is 10.6 Å². The Labute approximate surface area is 161 Å². The topological polar surface area (TPSA) is 38.3 Å². The lowest BCUT2D eigenvalue weighted by Crippen LogP contribution is -2.43. The van der Waals surface area contributed by atoms with Crippen LogP contribution in [0, 0.1) is 17.3 Å². The highest BCUT2D eigenvalue weighted by Crippen LogP contribution is 2.37. The van der Waals surface area contributed by atoms with E-state index in [1.54, 1.807) is 11.3 Å². The highest BCUT2D eigenvalue weighted by molar-refractivity contribution is 7.14. The summed E-state index contributed by atoms with van der Waals surface area (Å²) in [6.07, 6.45) is 1.32. The van der Waals surface area contributed by atoms with Crippen molar-refractivity contribution in [2.45, 2.75) is 47.6 Å². The average molecular weight is 374 g/mol. The molecule has 0 aliphatic carbocycles. The van der Waals surface area contributed by atoms with Gasteiger partial charge in [-0.1, -0.05) is 51.2 Å². The number of rotatable bonds is 5. The number of benzene rings is 1. The van der Waals surface area contributed by atoms with E-state index >= 15 is 0 Å². The van der Waals surface area contributed by atoms with Crippen molar-refractivity contribution in [3.8, 4) is 16.3 Å². The van der Waals surface area contributed by atoms with E-state index < -0.39 is 0 Å². The summed E-state index contributed by atoms with van der Waals surface area (Å²) < 4.78 is 5.74. The molecular weight excluding hydrogens is 342 g/mol. The molecule has 1 aliphatic rings. The van der Waals surface area contributed by atoms with Gasteiger partial charge in [0.1, 0.15) is 10.8 Å². The number of piperidine rings is 1. The van der Waals surface area contributed by atoms with E-state index in [2.05, 4.69) is 48.9 Å². The van der Waals surface area contributed by atoms with Crippen molar-refractivity contribution in [3.05, 3.63) is 29.3 Å². The molecule has 4 nitrogen and oxygen atoms in total. The molecule has 1 saturated heterocycles. The summed E-state index contributed by atoms with van der Waals surface area (Å²) in [6.45, 7) is 15.3. The zero-order chi connectivity index (χ0) is 18.7. The predicted octanol–water partition coefficient (Wildman–Crippen LogP) is 5.11. The smallest absolute Gasteiger partial charge is 0.151 e. The highest BCUT2D eigenvalue weighted by atomic mass is 32.1. The third-order valence-corrected chi connectivity index (χ3v) is 6.14. The van der Waals surface area contributed by atoms with Crippen LogP contribution in [0.5, 0.6) is 5.75 Å². The van der Waals surface area contributed by atoms with Crippen LogP contribution in [0.1, 0.15) is 46.0 Å². The largest absolute Gasteiger partial charge is 0.493 e. The monoisotopic (exact) mass is 373 g/mol. The van der Waals surface area contributed by atoms with Crippen molar-refractivity contribution >= 4 is 11.3 Å². The number of likely N-dealkylation sites (tertiary alicyclic amines) is 1. The van der Waals surface area contributed by atoms with Crippen LogP contribution in [-0.4, -0.2) is 34.8 Å². The first-order valence-corrected chi connectivity index (χ1v) is 10.5. The van der Waals surface area contributed by atoms with Crippen molar-refractivity contribution < 1.29 is 4.74 Å². The fraction of sp³-hybridized carbons (Fsp3) is 0.619. The number of hydrogen-bond acceptors (Lipinski definition) is 5. The van der Waals surface area contributed by atoms with Crippen LogP contribution in [-0.2, 0) is 6.54 Å². The Kier molecular flexibility index (Phi) is 5.98. The predicted molar refractivity (Wildman–Crippen MR) is 109 cm³/mol. The van der Waals surface area contributed by atoms with E-state index in [1.165, 1.54) is 6.42 Å². The molecule has 0 amide bonds. The second kappa shape index (κ2) is 8.05. The Balaban J connectivity index is 1.73. The Bertz CT molecular complexity index is 722. The summed E-state index contributed by atoms with van der Waals surface area (Å²) in [5, 5.41) is 11.0. The van der Waals surface area contributed by atoms with Gasteiger partial charge in [0, 0.05) is 13.1 Å². The third-order valence-electron chi connectivity index (χ3n) is 5.20. The van der Waals surface area contributed by atoms with Gasteiger partial charge in [0.05, 0.1) is 18.7 Å². The van der Waals surface area contributed by atoms with Crippen LogP contribution >= 0.6 is 11.3 Å². The molecule has 26 heavy (non-hydrogen) atoms. The zero-order valence-corrected chi connectivity index (χ0v) is 17.5. The van der Waals surface area contributed by atoms with E-state index in [9.17, 15) is 0 Å². The molecule has 2 aromatic rings. The van der Waals surface area contributed by atoms with E-state index in [0.29, 0.717) is 12.0 Å². The van der Waals surface area contributed by atoms with Crippen LogP contribution in [0.2, 0.25) is 0 Å². The highest BCUT2D eigenvalue weighted by Gasteiger charge is 2.32. The molecule has 142 valence electrons. The number of aromatic nitrogens is 2. The molecule has 0 N–H and O–H groups in total. The first kappa shape index (κ1) is 19.3. The molecule has 2 heterocycles. The lowest BCUT2D eigenvalue weighted by molar-refractivity contribution is 0.0634. The molecule has 5 heteroatoms. The van der Waals surface area contributed by atoms with Crippen LogP contribution in [0.3, 0.4) is 0 Å². The number of ether oxygens (including phenoxy) is 1. The molecule has 0 radical (unpaired) electrons. The summed E-state index contributed by atoms with van der Waals surface area (Å²) in [7, 11) is 0. The summed E-state index contributed by atoms with van der Waals surface area (Å²) in [4.78, 5) is 2.56. The molecule has 1 aromatic carbocycles. The second-order valence-corrected chi connectivity index (χ2v) is 9.59. The van der Waals surface area contributed by atoms with Crippen molar-refractivity contribution in [2.24, 2.45) is 17.3 Å². The van der Waals surface area contributed by atoms with Crippen molar-refractivity contribution in [3.63, 3.8) is 0 Å². The normalized spacial score (nSPS) is 21.7. The van der Waals surface area contributed by atoms with Gasteiger partial charge in [-0.3, -0.25) is 4.90 Å². The molecule has 1 fully saturated rings. The standard InChI is InChI=1S/C21H31N3OS/c1-6-25-18-10-8-7-9-17(18)20-23-22-19(26-20)14-24-12-15(2)11-16(13-24)21(3,4)5/h7-10,15-16H,6,11-14H2,1-5H3/t15-,16?/m1/s1. The van der Waals surface area contributed by atoms with Gasteiger partial charge in [0.25, 0.3) is 0 Å². The summed E-state index contributed by atoms with van der Waals surface area (Å²) in [6, 6.07) is 8.09. The maximum atomic E-state index is 5.74. The molecule has 0 spiro atoms. The molecule has 0 saturated carbocycles. The minimum atomic E-state index is 0.357. The lowest BCUT2D eigenvalue weighted by Gasteiger charge is -2.42. The van der Waals surface area contributed by atoms with E-state index in [0.717, 1.165) is 52.8 Å². The lowest BCUT2D eigenvalue weighted by atomic mass is 9.74.